The summed E-state index contributed by atoms with van der Waals surface area (Å²) in [7, 11) is -2.15. The van der Waals surface area contributed by atoms with Crippen LogP contribution in [0.3, 0.4) is 0 Å². The van der Waals surface area contributed by atoms with E-state index in [0.717, 1.165) is 29.0 Å². The molecule has 2 aromatic rings. The van der Waals surface area contributed by atoms with Crippen LogP contribution in [0, 0.1) is 0 Å². The summed E-state index contributed by atoms with van der Waals surface area (Å²) >= 11 is 1.27. The van der Waals surface area contributed by atoms with Crippen LogP contribution >= 0.6 is 11.3 Å². The van der Waals surface area contributed by atoms with E-state index in [1.54, 1.807) is 23.1 Å². The molecule has 6 nitrogen and oxygen atoms in total. The summed E-state index contributed by atoms with van der Waals surface area (Å²) in [4.78, 5) is 14.8. The van der Waals surface area contributed by atoms with E-state index in [4.69, 9.17) is 4.74 Å². The molecule has 134 valence electrons. The van der Waals surface area contributed by atoms with E-state index in [9.17, 15) is 13.2 Å². The minimum atomic E-state index is -3.63. The zero-order valence-corrected chi connectivity index (χ0v) is 15.7. The summed E-state index contributed by atoms with van der Waals surface area (Å²) in [5.41, 5.74) is 2.21. The van der Waals surface area contributed by atoms with Crippen LogP contribution < -0.4 is 9.62 Å². The van der Waals surface area contributed by atoms with Gasteiger partial charge in [0.25, 0.3) is 15.9 Å². The van der Waals surface area contributed by atoms with E-state index >= 15 is 0 Å². The van der Waals surface area contributed by atoms with E-state index in [2.05, 4.69) is 4.72 Å². The highest BCUT2D eigenvalue weighted by Gasteiger charge is 2.25. The predicted octanol–water partition coefficient (Wildman–Crippen LogP) is 2.65. The van der Waals surface area contributed by atoms with Gasteiger partial charge < -0.3 is 9.64 Å². The molecule has 0 aliphatic carbocycles. The molecule has 1 amide bonds. The third kappa shape index (κ3) is 3.70. The highest BCUT2D eigenvalue weighted by Crippen LogP contribution is 2.32. The van der Waals surface area contributed by atoms with Gasteiger partial charge in [-0.3, -0.25) is 9.52 Å². The minimum Gasteiger partial charge on any atom is -0.375 e. The normalized spacial score (nSPS) is 13.8. The molecule has 1 aromatic carbocycles. The first-order valence-electron chi connectivity index (χ1n) is 7.98. The van der Waals surface area contributed by atoms with Crippen molar-refractivity contribution in [3.63, 3.8) is 0 Å². The molecular weight excluding hydrogens is 360 g/mol. The number of anilines is 2. The smallest absolute Gasteiger partial charge is 0.271 e. The van der Waals surface area contributed by atoms with Crippen LogP contribution in [0.4, 0.5) is 11.4 Å². The molecule has 1 aliphatic rings. The summed E-state index contributed by atoms with van der Waals surface area (Å²) < 4.78 is 32.9. The van der Waals surface area contributed by atoms with Gasteiger partial charge in [0.2, 0.25) is 0 Å². The van der Waals surface area contributed by atoms with Gasteiger partial charge in [-0.2, -0.15) is 0 Å². The molecule has 0 atom stereocenters. The highest BCUT2D eigenvalue weighted by molar-refractivity contribution is 7.94. The lowest BCUT2D eigenvalue weighted by molar-refractivity contribution is -0.122. The van der Waals surface area contributed by atoms with Crippen molar-refractivity contribution in [2.24, 2.45) is 0 Å². The highest BCUT2D eigenvalue weighted by atomic mass is 32.2. The second-order valence-electron chi connectivity index (χ2n) is 5.75. The van der Waals surface area contributed by atoms with Gasteiger partial charge in [0.1, 0.15) is 10.8 Å². The van der Waals surface area contributed by atoms with Crippen LogP contribution in [-0.4, -0.2) is 34.6 Å². The second kappa shape index (κ2) is 7.15. The summed E-state index contributed by atoms with van der Waals surface area (Å²) in [6.07, 6.45) is 1.55. The Hall–Kier alpha value is -1.90. The minimum absolute atomic E-state index is 0.00435. The Morgan fingerprint density at radius 2 is 2.12 bits per heavy atom. The Balaban J connectivity index is 1.85. The molecule has 1 aromatic heterocycles. The van der Waals surface area contributed by atoms with Crippen LogP contribution in [0.2, 0.25) is 0 Å². The number of benzene rings is 1. The number of sulfonamides is 1. The maximum absolute atomic E-state index is 12.5. The zero-order chi connectivity index (χ0) is 18.0. The van der Waals surface area contributed by atoms with Gasteiger partial charge in [-0.1, -0.05) is 13.0 Å². The van der Waals surface area contributed by atoms with Crippen LogP contribution in [-0.2, 0) is 32.4 Å². The number of amides is 1. The number of nitrogens with zero attached hydrogens (tertiary/aromatic N) is 1. The fourth-order valence-corrected chi connectivity index (χ4v) is 5.15. The van der Waals surface area contributed by atoms with Gasteiger partial charge in [-0.05, 0) is 42.7 Å². The first-order chi connectivity index (χ1) is 11.9. The maximum Gasteiger partial charge on any atom is 0.271 e. The van der Waals surface area contributed by atoms with Crippen molar-refractivity contribution in [1.82, 2.24) is 0 Å². The van der Waals surface area contributed by atoms with Gasteiger partial charge in [-0.15, -0.1) is 11.3 Å². The van der Waals surface area contributed by atoms with Crippen molar-refractivity contribution in [3.05, 3.63) is 40.8 Å². The number of methoxy groups -OCH3 is 1. The monoisotopic (exact) mass is 380 g/mol. The Kier molecular flexibility index (Phi) is 5.12. The molecule has 0 fully saturated rings. The number of hydrogen-bond donors (Lipinski definition) is 1. The Labute approximate surface area is 151 Å². The van der Waals surface area contributed by atoms with Crippen LogP contribution in [0.5, 0.6) is 0 Å². The number of aryl methyl sites for hydroxylation is 1. The van der Waals surface area contributed by atoms with Crippen LogP contribution in [0.15, 0.2) is 34.5 Å². The third-order valence-corrected chi connectivity index (χ3v) is 7.15. The largest absolute Gasteiger partial charge is 0.375 e. The number of carbonyl (C=O) groups excluding carboxylic acids is 1. The lowest BCUT2D eigenvalue weighted by atomic mass is 10.1. The summed E-state index contributed by atoms with van der Waals surface area (Å²) in [6.45, 7) is 2.57. The van der Waals surface area contributed by atoms with Gasteiger partial charge >= 0.3 is 0 Å². The molecule has 0 unspecified atom stereocenters. The summed E-state index contributed by atoms with van der Waals surface area (Å²) in [6, 6.07) is 8.75. The van der Waals surface area contributed by atoms with Gasteiger partial charge in [0.05, 0.1) is 5.69 Å². The number of rotatable bonds is 6. The first kappa shape index (κ1) is 17.9. The number of ether oxygens (including phenoxy) is 1. The van der Waals surface area contributed by atoms with Crippen molar-refractivity contribution >= 4 is 38.6 Å². The van der Waals surface area contributed by atoms with Crippen LogP contribution in [0.25, 0.3) is 0 Å². The SMILES string of the molecule is CCc1ccc(S(=O)(=O)Nc2ccc3c(c2)N(C(=O)COC)CC3)s1. The van der Waals surface area contributed by atoms with E-state index in [-0.39, 0.29) is 16.7 Å². The number of carbonyl (C=O) groups is 1. The fourth-order valence-electron chi connectivity index (χ4n) is 2.80. The number of nitrogens with one attached hydrogen (secondary N) is 1. The molecule has 2 heterocycles. The van der Waals surface area contributed by atoms with Crippen LogP contribution in [0.1, 0.15) is 17.4 Å². The average Bonchev–Trinajstić information content (AvgIpc) is 3.21. The fraction of sp³-hybridized carbons (Fsp3) is 0.353. The maximum atomic E-state index is 12.5. The summed E-state index contributed by atoms with van der Waals surface area (Å²) in [5.74, 6) is -0.132. The van der Waals surface area contributed by atoms with Gasteiger partial charge in [0.15, 0.2) is 0 Å². The molecule has 3 rings (SSSR count). The molecular formula is C17H20N2O4S2. The van der Waals surface area contributed by atoms with Crippen molar-refractivity contribution in [1.29, 1.82) is 0 Å². The van der Waals surface area contributed by atoms with E-state index in [0.29, 0.717) is 12.2 Å². The third-order valence-electron chi connectivity index (χ3n) is 4.05. The van der Waals surface area contributed by atoms with E-state index in [1.807, 2.05) is 19.1 Å². The lowest BCUT2D eigenvalue weighted by Crippen LogP contribution is -2.32. The topological polar surface area (TPSA) is 75.7 Å². The van der Waals surface area contributed by atoms with Crippen molar-refractivity contribution < 1.29 is 17.9 Å². The number of fused-ring (bicyclic) bond motifs is 1. The van der Waals surface area contributed by atoms with Crippen molar-refractivity contribution in [3.8, 4) is 0 Å². The van der Waals surface area contributed by atoms with Gasteiger partial charge in [-0.25, -0.2) is 8.42 Å². The molecule has 0 saturated heterocycles. The quantitative estimate of drug-likeness (QED) is 0.836. The Morgan fingerprint density at radius 3 is 2.80 bits per heavy atom. The molecule has 8 heteroatoms. The Bertz CT molecular complexity index is 890. The molecule has 1 aliphatic heterocycles. The average molecular weight is 380 g/mol. The molecule has 0 radical (unpaired) electrons. The first-order valence-corrected chi connectivity index (χ1v) is 10.3. The summed E-state index contributed by atoms with van der Waals surface area (Å²) in [5, 5.41) is 0. The lowest BCUT2D eigenvalue weighted by Gasteiger charge is -2.17. The van der Waals surface area contributed by atoms with Gasteiger partial charge in [0, 0.05) is 24.2 Å². The second-order valence-corrected chi connectivity index (χ2v) is 8.83. The molecule has 1 N–H and O–H groups in total. The molecule has 0 spiro atoms. The van der Waals surface area contributed by atoms with Crippen molar-refractivity contribution in [2.45, 2.75) is 24.0 Å². The molecule has 0 saturated carbocycles. The molecule has 0 bridgehead atoms. The predicted molar refractivity (Wildman–Crippen MR) is 98.9 cm³/mol. The Morgan fingerprint density at radius 1 is 1.32 bits per heavy atom. The standard InChI is InChI=1S/C17H20N2O4S2/c1-3-14-6-7-17(24-14)25(21,22)18-13-5-4-12-8-9-19(15(12)10-13)16(20)11-23-2/h4-7,10,18H,3,8-9,11H2,1-2H3. The molecule has 25 heavy (non-hydrogen) atoms. The van der Waals surface area contributed by atoms with E-state index in [1.165, 1.54) is 18.4 Å². The zero-order valence-electron chi connectivity index (χ0n) is 14.1. The number of hydrogen-bond acceptors (Lipinski definition) is 5. The number of thiophene rings is 1. The van der Waals surface area contributed by atoms with E-state index < -0.39 is 10.0 Å². The van der Waals surface area contributed by atoms with Crippen molar-refractivity contribution in [2.75, 3.05) is 29.9 Å².